The summed E-state index contributed by atoms with van der Waals surface area (Å²) in [5.74, 6) is -1.01. The van der Waals surface area contributed by atoms with Crippen molar-refractivity contribution < 1.29 is 8.78 Å². The second kappa shape index (κ2) is 9.30. The Morgan fingerprint density at radius 3 is 2.57 bits per heavy atom. The fourth-order valence-electron chi connectivity index (χ4n) is 4.78. The third-order valence-electron chi connectivity index (χ3n) is 6.58. The van der Waals surface area contributed by atoms with E-state index in [-0.39, 0.29) is 0 Å². The number of aromatic nitrogens is 1. The predicted octanol–water partition coefficient (Wildman–Crippen LogP) is 6.56. The van der Waals surface area contributed by atoms with E-state index in [1.807, 2.05) is 0 Å². The van der Waals surface area contributed by atoms with Crippen LogP contribution >= 0.6 is 0 Å². The summed E-state index contributed by atoms with van der Waals surface area (Å²) in [6.07, 6.45) is 9.06. The number of H-pyrrole nitrogens is 1. The van der Waals surface area contributed by atoms with Gasteiger partial charge >= 0.3 is 0 Å². The predicted molar refractivity (Wildman–Crippen MR) is 120 cm³/mol. The summed E-state index contributed by atoms with van der Waals surface area (Å²) in [6, 6.07) is 11.8. The number of likely N-dealkylation sites (N-methyl/N-ethyl adjacent to an activating group) is 1. The summed E-state index contributed by atoms with van der Waals surface area (Å²) in [6.45, 7) is 3.13. The zero-order valence-electron chi connectivity index (χ0n) is 18.1. The molecule has 0 saturated carbocycles. The van der Waals surface area contributed by atoms with Crippen LogP contribution in [0.2, 0.25) is 0 Å². The Morgan fingerprint density at radius 2 is 1.80 bits per heavy atom. The van der Waals surface area contributed by atoms with Crippen LogP contribution in [0, 0.1) is 11.6 Å². The normalized spacial score (nSPS) is 16.4. The van der Waals surface area contributed by atoms with Crippen molar-refractivity contribution in [1.82, 2.24) is 9.88 Å². The van der Waals surface area contributed by atoms with Crippen LogP contribution in [0.15, 0.2) is 36.4 Å². The first-order valence-corrected chi connectivity index (χ1v) is 11.3. The first kappa shape index (κ1) is 21.0. The average molecular weight is 411 g/mol. The van der Waals surface area contributed by atoms with E-state index in [1.165, 1.54) is 42.9 Å². The minimum Gasteiger partial charge on any atom is -0.356 e. The average Bonchev–Trinajstić information content (AvgIpc) is 3.10. The number of halogens is 2. The molecule has 0 fully saturated rings. The molecule has 1 heterocycles. The van der Waals surface area contributed by atoms with E-state index in [4.69, 9.17) is 0 Å². The number of benzene rings is 2. The zero-order chi connectivity index (χ0) is 21.1. The molecule has 2 aromatic carbocycles. The molecule has 1 aliphatic carbocycles. The number of rotatable bonds is 8. The van der Waals surface area contributed by atoms with Gasteiger partial charge in [0.25, 0.3) is 0 Å². The van der Waals surface area contributed by atoms with Gasteiger partial charge in [0, 0.05) is 29.7 Å². The van der Waals surface area contributed by atoms with Crippen molar-refractivity contribution in [3.05, 3.63) is 70.4 Å². The number of hydrogen-bond donors (Lipinski definition) is 1. The van der Waals surface area contributed by atoms with Crippen molar-refractivity contribution in [2.75, 3.05) is 7.05 Å². The lowest BCUT2D eigenvalue weighted by Crippen LogP contribution is -2.35. The molecule has 1 aromatic heterocycles. The summed E-state index contributed by atoms with van der Waals surface area (Å²) in [5, 5.41) is 0.702. The molecule has 0 saturated heterocycles. The van der Waals surface area contributed by atoms with Gasteiger partial charge in [0.15, 0.2) is 0 Å². The molecule has 0 bridgehead atoms. The van der Waals surface area contributed by atoms with Crippen LogP contribution in [0.5, 0.6) is 0 Å². The van der Waals surface area contributed by atoms with Crippen LogP contribution in [0.1, 0.15) is 61.4 Å². The van der Waals surface area contributed by atoms with Crippen LogP contribution in [0.25, 0.3) is 10.9 Å². The van der Waals surface area contributed by atoms with Crippen molar-refractivity contribution in [2.45, 2.75) is 70.9 Å². The number of hydrogen-bond acceptors (Lipinski definition) is 1. The van der Waals surface area contributed by atoms with Crippen LogP contribution in [0.4, 0.5) is 8.78 Å². The van der Waals surface area contributed by atoms with Gasteiger partial charge in [-0.3, -0.25) is 4.90 Å². The van der Waals surface area contributed by atoms with Gasteiger partial charge in [0.05, 0.1) is 5.52 Å². The summed E-state index contributed by atoms with van der Waals surface area (Å²) < 4.78 is 27.9. The van der Waals surface area contributed by atoms with Crippen molar-refractivity contribution in [1.29, 1.82) is 0 Å². The third-order valence-corrected chi connectivity index (χ3v) is 6.58. The molecule has 1 atom stereocenters. The van der Waals surface area contributed by atoms with Crippen LogP contribution in [-0.2, 0) is 25.8 Å². The first-order chi connectivity index (χ1) is 14.5. The molecule has 30 heavy (non-hydrogen) atoms. The van der Waals surface area contributed by atoms with Crippen molar-refractivity contribution >= 4 is 10.9 Å². The summed E-state index contributed by atoms with van der Waals surface area (Å²) >= 11 is 0. The summed E-state index contributed by atoms with van der Waals surface area (Å²) in [5.41, 5.74) is 5.32. The Hall–Kier alpha value is -2.20. The number of fused-ring (bicyclic) bond motifs is 3. The molecule has 0 amide bonds. The highest BCUT2D eigenvalue weighted by Crippen LogP contribution is 2.32. The van der Waals surface area contributed by atoms with E-state index in [0.29, 0.717) is 16.9 Å². The van der Waals surface area contributed by atoms with E-state index in [1.54, 1.807) is 0 Å². The van der Waals surface area contributed by atoms with Gasteiger partial charge < -0.3 is 4.98 Å². The summed E-state index contributed by atoms with van der Waals surface area (Å²) in [7, 11) is 2.16. The Kier molecular flexibility index (Phi) is 6.52. The van der Waals surface area contributed by atoms with Gasteiger partial charge in [-0.25, -0.2) is 8.78 Å². The third kappa shape index (κ3) is 4.59. The fraction of sp³-hybridized carbons (Fsp3) is 0.462. The summed E-state index contributed by atoms with van der Waals surface area (Å²) in [4.78, 5) is 5.57. The molecular weight excluding hydrogens is 378 g/mol. The zero-order valence-corrected chi connectivity index (χ0v) is 18.1. The minimum atomic E-state index is -0.507. The second-order valence-electron chi connectivity index (χ2n) is 8.83. The number of aryl methyl sites for hydroxylation is 2. The van der Waals surface area contributed by atoms with Gasteiger partial charge in [-0.1, -0.05) is 50.5 Å². The highest BCUT2D eigenvalue weighted by atomic mass is 19.1. The van der Waals surface area contributed by atoms with E-state index in [9.17, 15) is 8.78 Å². The quantitative estimate of drug-likeness (QED) is 0.417. The molecule has 4 heteroatoms. The Bertz CT molecular complexity index is 990. The lowest BCUT2D eigenvalue weighted by Gasteiger charge is -2.31. The van der Waals surface area contributed by atoms with Gasteiger partial charge in [-0.15, -0.1) is 0 Å². The topological polar surface area (TPSA) is 19.0 Å². The monoisotopic (exact) mass is 410 g/mol. The molecule has 4 rings (SSSR count). The lowest BCUT2D eigenvalue weighted by molar-refractivity contribution is 0.214. The molecular formula is C26H32F2N2. The maximum absolute atomic E-state index is 14.1. The number of aromatic amines is 1. The van der Waals surface area contributed by atoms with Crippen molar-refractivity contribution in [2.24, 2.45) is 0 Å². The molecule has 0 radical (unpaired) electrons. The van der Waals surface area contributed by atoms with Crippen LogP contribution in [-0.4, -0.2) is 23.0 Å². The number of unbranched alkanes of at least 4 members (excludes halogenated alkanes) is 3. The lowest BCUT2D eigenvalue weighted by atomic mass is 9.90. The molecule has 160 valence electrons. The largest absolute Gasteiger partial charge is 0.356 e. The molecule has 1 N–H and O–H groups in total. The van der Waals surface area contributed by atoms with E-state index < -0.39 is 11.6 Å². The van der Waals surface area contributed by atoms with Gasteiger partial charge in [0.2, 0.25) is 0 Å². The van der Waals surface area contributed by atoms with Crippen LogP contribution in [0.3, 0.4) is 0 Å². The number of nitrogens with zero attached hydrogens (tertiary/aromatic N) is 1. The SMILES string of the molecule is CCCCCCc1ccc(CN(C)C2CCc3[nH]c4c(F)cc(F)cc4c3C2)cc1. The van der Waals surface area contributed by atoms with Crippen molar-refractivity contribution in [3.63, 3.8) is 0 Å². The fourth-order valence-corrected chi connectivity index (χ4v) is 4.78. The van der Waals surface area contributed by atoms with Crippen molar-refractivity contribution in [3.8, 4) is 0 Å². The smallest absolute Gasteiger partial charge is 0.150 e. The van der Waals surface area contributed by atoms with Gasteiger partial charge in [-0.05, 0) is 61.9 Å². The Labute approximate surface area is 178 Å². The minimum absolute atomic E-state index is 0.372. The Balaban J connectivity index is 1.40. The van der Waals surface area contributed by atoms with Crippen LogP contribution < -0.4 is 0 Å². The number of nitrogens with one attached hydrogen (secondary N) is 1. The molecule has 0 spiro atoms. The molecule has 3 aromatic rings. The second-order valence-corrected chi connectivity index (χ2v) is 8.83. The molecule has 1 aliphatic rings. The molecule has 1 unspecified atom stereocenters. The van der Waals surface area contributed by atoms with E-state index in [0.717, 1.165) is 49.6 Å². The van der Waals surface area contributed by atoms with E-state index in [2.05, 4.69) is 48.1 Å². The van der Waals surface area contributed by atoms with E-state index >= 15 is 0 Å². The van der Waals surface area contributed by atoms with Gasteiger partial charge in [-0.2, -0.15) is 0 Å². The molecule has 2 nitrogen and oxygen atoms in total. The van der Waals surface area contributed by atoms with Gasteiger partial charge in [0.1, 0.15) is 11.6 Å². The highest BCUT2D eigenvalue weighted by Gasteiger charge is 2.26. The standard InChI is InChI=1S/C26H32F2N2/c1-3-4-5-6-7-18-8-10-19(11-9-18)17-30(2)21-12-13-25-22(16-21)23-14-20(27)15-24(28)26(23)29-25/h8-11,14-15,21,29H,3-7,12-13,16-17H2,1-2H3. The maximum atomic E-state index is 14.1. The highest BCUT2D eigenvalue weighted by molar-refractivity contribution is 5.85. The maximum Gasteiger partial charge on any atom is 0.150 e. The first-order valence-electron chi connectivity index (χ1n) is 11.3. The molecule has 0 aliphatic heterocycles. The Morgan fingerprint density at radius 1 is 1.03 bits per heavy atom.